The van der Waals surface area contributed by atoms with Crippen LogP contribution in [0.15, 0.2) is 24.3 Å². The van der Waals surface area contributed by atoms with Crippen LogP contribution in [-0.2, 0) is 19.8 Å². The summed E-state index contributed by atoms with van der Waals surface area (Å²) < 4.78 is 40.1. The van der Waals surface area contributed by atoms with Gasteiger partial charge in [0.1, 0.15) is 12.1 Å². The Hall–Kier alpha value is -3.09. The highest BCUT2D eigenvalue weighted by atomic mass is 19.4. The highest BCUT2D eigenvalue weighted by Gasteiger charge is 2.57. The number of rotatable bonds is 5. The van der Waals surface area contributed by atoms with Crippen molar-refractivity contribution in [2.24, 2.45) is 5.92 Å². The summed E-state index contributed by atoms with van der Waals surface area (Å²) in [7, 11) is 0. The Morgan fingerprint density at radius 3 is 2.45 bits per heavy atom. The van der Waals surface area contributed by atoms with Crippen LogP contribution in [0.1, 0.15) is 46.1 Å². The van der Waals surface area contributed by atoms with E-state index in [2.05, 4.69) is 5.32 Å². The number of fused-ring (bicyclic) bond motifs is 2. The quantitative estimate of drug-likeness (QED) is 0.724. The number of likely N-dealkylation sites (tertiary alicyclic amines) is 1. The number of carbonyl (C=O) groups excluding carboxylic acids is 3. The summed E-state index contributed by atoms with van der Waals surface area (Å²) in [5.74, 6) is -3.40. The Bertz CT molecular complexity index is 1000. The van der Waals surface area contributed by atoms with E-state index in [0.29, 0.717) is 16.2 Å². The van der Waals surface area contributed by atoms with Gasteiger partial charge in [-0.2, -0.15) is 18.4 Å². The monoisotopic (exact) mass is 464 g/mol. The molecule has 3 amide bonds. The van der Waals surface area contributed by atoms with E-state index in [4.69, 9.17) is 0 Å². The molecule has 2 aliphatic heterocycles. The Labute approximate surface area is 190 Å². The van der Waals surface area contributed by atoms with Gasteiger partial charge in [0.05, 0.1) is 11.5 Å². The fourth-order valence-corrected chi connectivity index (χ4v) is 4.84. The fraction of sp³-hybridized carbons (Fsp3) is 0.565. The van der Waals surface area contributed by atoms with Crippen molar-refractivity contribution in [1.82, 2.24) is 9.80 Å². The zero-order valence-electron chi connectivity index (χ0n) is 18.9. The minimum absolute atomic E-state index is 0.0106. The van der Waals surface area contributed by atoms with Gasteiger partial charge in [0.25, 0.3) is 0 Å². The number of nitrogens with zero attached hydrogens (tertiary/aromatic N) is 3. The van der Waals surface area contributed by atoms with Crippen molar-refractivity contribution in [3.8, 4) is 6.07 Å². The molecule has 0 radical (unpaired) electrons. The minimum atomic E-state index is -5.15. The van der Waals surface area contributed by atoms with Crippen LogP contribution in [0, 0.1) is 17.2 Å². The van der Waals surface area contributed by atoms with Gasteiger partial charge in [-0.25, -0.2) is 0 Å². The molecule has 1 fully saturated rings. The van der Waals surface area contributed by atoms with E-state index >= 15 is 0 Å². The fourth-order valence-electron chi connectivity index (χ4n) is 4.84. The molecular formula is C23H27F3N4O3. The Balaban J connectivity index is 2.02. The molecule has 0 saturated carbocycles. The van der Waals surface area contributed by atoms with Crippen LogP contribution in [0.2, 0.25) is 0 Å². The number of alkyl halides is 3. The van der Waals surface area contributed by atoms with E-state index in [9.17, 15) is 32.8 Å². The van der Waals surface area contributed by atoms with Gasteiger partial charge in [-0.15, -0.1) is 0 Å². The molecule has 10 heteroatoms. The molecule has 0 aliphatic carbocycles. The number of hydrogen-bond donors (Lipinski definition) is 1. The van der Waals surface area contributed by atoms with Crippen LogP contribution >= 0.6 is 0 Å². The van der Waals surface area contributed by atoms with E-state index in [-0.39, 0.29) is 31.2 Å². The first-order chi connectivity index (χ1) is 15.3. The van der Waals surface area contributed by atoms with Crippen molar-refractivity contribution < 1.29 is 27.6 Å². The lowest BCUT2D eigenvalue weighted by Gasteiger charge is -2.38. The number of anilines is 1. The molecule has 1 aromatic rings. The van der Waals surface area contributed by atoms with Crippen LogP contribution in [0.5, 0.6) is 0 Å². The van der Waals surface area contributed by atoms with Crippen LogP contribution < -0.4 is 5.32 Å². The number of nitriles is 1. The minimum Gasteiger partial charge on any atom is -0.325 e. The topological polar surface area (TPSA) is 93.5 Å². The summed E-state index contributed by atoms with van der Waals surface area (Å²) in [6.07, 6.45) is -5.13. The maximum Gasteiger partial charge on any atom is 0.471 e. The third-order valence-corrected chi connectivity index (χ3v) is 6.26. The molecular weight excluding hydrogens is 437 g/mol. The van der Waals surface area contributed by atoms with E-state index < -0.39 is 41.5 Å². The Morgan fingerprint density at radius 2 is 1.91 bits per heavy atom. The third-order valence-electron chi connectivity index (χ3n) is 6.26. The number of hydrogen-bond acceptors (Lipinski definition) is 4. The van der Waals surface area contributed by atoms with Gasteiger partial charge < -0.3 is 15.1 Å². The Kier molecular flexibility index (Phi) is 6.46. The largest absolute Gasteiger partial charge is 0.471 e. The summed E-state index contributed by atoms with van der Waals surface area (Å²) >= 11 is 0. The first kappa shape index (κ1) is 24.6. The number of carbonyl (C=O) groups is 3. The SMILES string of the molecule is CC(C)C[C@@H](C(=O)N1C[C@]2(C[C@H]1C#N)C(=O)Nc1ccccc12)N(C(=O)C(F)(F)F)C(C)C. The van der Waals surface area contributed by atoms with Gasteiger partial charge in [0, 0.05) is 24.7 Å². The summed E-state index contributed by atoms with van der Waals surface area (Å²) in [4.78, 5) is 40.6. The molecule has 1 saturated heterocycles. The third kappa shape index (κ3) is 4.28. The van der Waals surface area contributed by atoms with Crippen molar-refractivity contribution in [3.05, 3.63) is 29.8 Å². The summed E-state index contributed by atoms with van der Waals surface area (Å²) in [5, 5.41) is 12.6. The zero-order valence-corrected chi connectivity index (χ0v) is 18.9. The summed E-state index contributed by atoms with van der Waals surface area (Å²) in [6.45, 7) is 6.17. The van der Waals surface area contributed by atoms with Gasteiger partial charge in [0.2, 0.25) is 11.8 Å². The van der Waals surface area contributed by atoms with Crippen molar-refractivity contribution >= 4 is 23.4 Å². The zero-order chi connectivity index (χ0) is 24.7. The van der Waals surface area contributed by atoms with Crippen molar-refractivity contribution in [3.63, 3.8) is 0 Å². The van der Waals surface area contributed by atoms with Gasteiger partial charge in [0.15, 0.2) is 0 Å². The standard InChI is InChI=1S/C23H27F3N4O3/c1-13(2)9-18(30(14(3)4)21(33)23(24,25)26)19(31)29-12-22(10-15(29)11-27)16-7-5-6-8-17(16)28-20(22)32/h5-8,13-15,18H,9-10,12H2,1-4H3,(H,28,32)/t15-,18-,22-/m0/s1. The van der Waals surface area contributed by atoms with Crippen LogP contribution in [0.3, 0.4) is 0 Å². The molecule has 7 nitrogen and oxygen atoms in total. The van der Waals surface area contributed by atoms with Crippen molar-refractivity contribution in [1.29, 1.82) is 5.26 Å². The lowest BCUT2D eigenvalue weighted by molar-refractivity contribution is -0.191. The van der Waals surface area contributed by atoms with E-state index in [1.54, 1.807) is 38.1 Å². The predicted molar refractivity (Wildman–Crippen MR) is 114 cm³/mol. The molecule has 1 aromatic carbocycles. The molecule has 2 aliphatic rings. The molecule has 0 unspecified atom stereocenters. The molecule has 2 heterocycles. The molecule has 33 heavy (non-hydrogen) atoms. The lowest BCUT2D eigenvalue weighted by atomic mass is 9.80. The van der Waals surface area contributed by atoms with Gasteiger partial charge >= 0.3 is 12.1 Å². The molecule has 1 spiro atoms. The first-order valence-electron chi connectivity index (χ1n) is 10.8. The van der Waals surface area contributed by atoms with Crippen LogP contribution in [-0.4, -0.2) is 58.4 Å². The number of benzene rings is 1. The number of nitrogens with one attached hydrogen (secondary N) is 1. The second kappa shape index (κ2) is 8.69. The molecule has 0 bridgehead atoms. The molecule has 178 valence electrons. The molecule has 0 aromatic heterocycles. The highest BCUT2D eigenvalue weighted by molar-refractivity contribution is 6.07. The van der Waals surface area contributed by atoms with Crippen molar-refractivity contribution in [2.75, 3.05) is 11.9 Å². The maximum absolute atomic E-state index is 13.7. The summed E-state index contributed by atoms with van der Waals surface area (Å²) in [6, 6.07) is 5.66. The Morgan fingerprint density at radius 1 is 1.27 bits per heavy atom. The second-order valence-corrected chi connectivity index (χ2v) is 9.35. The average Bonchev–Trinajstić information content (AvgIpc) is 3.24. The lowest BCUT2D eigenvalue weighted by Crippen LogP contribution is -2.58. The van der Waals surface area contributed by atoms with Crippen LogP contribution in [0.4, 0.5) is 18.9 Å². The summed E-state index contributed by atoms with van der Waals surface area (Å²) in [5.41, 5.74) is 0.0763. The second-order valence-electron chi connectivity index (χ2n) is 9.35. The smallest absolute Gasteiger partial charge is 0.325 e. The maximum atomic E-state index is 13.7. The molecule has 1 N–H and O–H groups in total. The predicted octanol–water partition coefficient (Wildman–Crippen LogP) is 3.21. The first-order valence-corrected chi connectivity index (χ1v) is 10.8. The van der Waals surface area contributed by atoms with Crippen LogP contribution in [0.25, 0.3) is 0 Å². The normalized spacial score (nSPS) is 23.0. The van der Waals surface area contributed by atoms with Gasteiger partial charge in [-0.1, -0.05) is 32.0 Å². The highest BCUT2D eigenvalue weighted by Crippen LogP contribution is 2.46. The van der Waals surface area contributed by atoms with E-state index in [1.165, 1.54) is 18.7 Å². The number of amides is 3. The van der Waals surface area contributed by atoms with Gasteiger partial charge in [-0.05, 0) is 37.8 Å². The van der Waals surface area contributed by atoms with E-state index in [0.717, 1.165) is 0 Å². The van der Waals surface area contributed by atoms with Gasteiger partial charge in [-0.3, -0.25) is 14.4 Å². The number of para-hydroxylation sites is 1. The molecule has 3 atom stereocenters. The number of halogens is 3. The van der Waals surface area contributed by atoms with E-state index in [1.807, 2.05) is 6.07 Å². The van der Waals surface area contributed by atoms with Crippen molar-refractivity contribution in [2.45, 2.75) is 70.3 Å². The molecule has 3 rings (SSSR count). The average molecular weight is 464 g/mol.